The lowest BCUT2D eigenvalue weighted by molar-refractivity contribution is 0.102. The normalized spacial score (nSPS) is 11.0. The van der Waals surface area contributed by atoms with Crippen molar-refractivity contribution >= 4 is 33.8 Å². The maximum absolute atomic E-state index is 13.5. The standard InChI is InChI=1S/C22H16F2N2OS/c1-13-4-7-19-16(9-13)17(11-20(26-19)21-3-2-8-28-21)22(27)25-15-5-6-18(24)14(10-15)12-23/h2-11H,12H2,1H3,(H,25,27). The number of amides is 1. The predicted octanol–water partition coefficient (Wildman–Crippen LogP) is 6.13. The second-order valence-corrected chi connectivity index (χ2v) is 7.39. The molecule has 2 heterocycles. The first kappa shape index (κ1) is 18.3. The van der Waals surface area contributed by atoms with Crippen LogP contribution in [0.2, 0.25) is 0 Å². The van der Waals surface area contributed by atoms with Gasteiger partial charge in [-0.05, 0) is 54.8 Å². The van der Waals surface area contributed by atoms with Crippen LogP contribution in [0.15, 0.2) is 60.0 Å². The first-order valence-electron chi connectivity index (χ1n) is 8.66. The fraction of sp³-hybridized carbons (Fsp3) is 0.0909. The van der Waals surface area contributed by atoms with Gasteiger partial charge in [0.1, 0.15) is 12.5 Å². The highest BCUT2D eigenvalue weighted by Gasteiger charge is 2.16. The summed E-state index contributed by atoms with van der Waals surface area (Å²) in [6.07, 6.45) is 0. The molecule has 0 aliphatic carbocycles. The van der Waals surface area contributed by atoms with Crippen molar-refractivity contribution in [2.75, 3.05) is 5.32 Å². The highest BCUT2D eigenvalue weighted by atomic mass is 32.1. The van der Waals surface area contributed by atoms with Crippen LogP contribution in [0.3, 0.4) is 0 Å². The summed E-state index contributed by atoms with van der Waals surface area (Å²) in [4.78, 5) is 18.7. The molecule has 0 spiro atoms. The second-order valence-electron chi connectivity index (χ2n) is 6.45. The Labute approximate surface area is 164 Å². The topological polar surface area (TPSA) is 42.0 Å². The Morgan fingerprint density at radius 1 is 1.14 bits per heavy atom. The number of alkyl halides is 1. The van der Waals surface area contributed by atoms with Crippen LogP contribution in [0.4, 0.5) is 14.5 Å². The lowest BCUT2D eigenvalue weighted by Crippen LogP contribution is -2.13. The first-order valence-corrected chi connectivity index (χ1v) is 9.54. The lowest BCUT2D eigenvalue weighted by atomic mass is 10.0. The largest absolute Gasteiger partial charge is 0.322 e. The Morgan fingerprint density at radius 3 is 2.75 bits per heavy atom. The maximum Gasteiger partial charge on any atom is 0.256 e. The van der Waals surface area contributed by atoms with Gasteiger partial charge in [0.2, 0.25) is 0 Å². The van der Waals surface area contributed by atoms with E-state index in [4.69, 9.17) is 0 Å². The summed E-state index contributed by atoms with van der Waals surface area (Å²) in [5.41, 5.74) is 3.14. The number of carbonyl (C=O) groups excluding carboxylic acids is 1. The number of nitrogens with zero attached hydrogens (tertiary/aromatic N) is 1. The van der Waals surface area contributed by atoms with Crippen LogP contribution in [0.25, 0.3) is 21.5 Å². The van der Waals surface area contributed by atoms with E-state index in [9.17, 15) is 13.6 Å². The fourth-order valence-corrected chi connectivity index (χ4v) is 3.72. The van der Waals surface area contributed by atoms with E-state index >= 15 is 0 Å². The summed E-state index contributed by atoms with van der Waals surface area (Å²) in [5.74, 6) is -0.988. The summed E-state index contributed by atoms with van der Waals surface area (Å²) in [6, 6.07) is 15.2. The zero-order valence-corrected chi connectivity index (χ0v) is 15.8. The number of fused-ring (bicyclic) bond motifs is 1. The van der Waals surface area contributed by atoms with Gasteiger partial charge in [-0.1, -0.05) is 17.7 Å². The van der Waals surface area contributed by atoms with E-state index in [1.807, 2.05) is 42.6 Å². The number of nitrogens with one attached hydrogen (secondary N) is 1. The molecule has 4 aromatic rings. The minimum absolute atomic E-state index is 0.0903. The zero-order valence-electron chi connectivity index (χ0n) is 15.0. The van der Waals surface area contributed by atoms with E-state index in [2.05, 4.69) is 10.3 Å². The Kier molecular flexibility index (Phi) is 4.88. The molecule has 0 aliphatic heterocycles. The molecule has 2 aromatic carbocycles. The van der Waals surface area contributed by atoms with E-state index < -0.39 is 12.5 Å². The molecule has 0 aliphatic rings. The number of hydrogen-bond donors (Lipinski definition) is 1. The third-order valence-electron chi connectivity index (χ3n) is 4.43. The molecule has 2 aromatic heterocycles. The van der Waals surface area contributed by atoms with Gasteiger partial charge < -0.3 is 5.32 Å². The van der Waals surface area contributed by atoms with E-state index in [1.54, 1.807) is 17.4 Å². The summed E-state index contributed by atoms with van der Waals surface area (Å²) >= 11 is 1.54. The van der Waals surface area contributed by atoms with E-state index in [0.717, 1.165) is 21.9 Å². The van der Waals surface area contributed by atoms with Crippen LogP contribution in [0, 0.1) is 12.7 Å². The van der Waals surface area contributed by atoms with E-state index in [1.165, 1.54) is 12.1 Å². The van der Waals surface area contributed by atoms with Gasteiger partial charge in [0.15, 0.2) is 0 Å². The van der Waals surface area contributed by atoms with Crippen molar-refractivity contribution in [3.8, 4) is 10.6 Å². The monoisotopic (exact) mass is 394 g/mol. The second kappa shape index (κ2) is 7.48. The van der Waals surface area contributed by atoms with E-state index in [-0.39, 0.29) is 11.5 Å². The number of thiophene rings is 1. The summed E-state index contributed by atoms with van der Waals surface area (Å²) in [6.45, 7) is 1.01. The lowest BCUT2D eigenvalue weighted by Gasteiger charge is -2.11. The van der Waals surface area contributed by atoms with Crippen LogP contribution in [-0.4, -0.2) is 10.9 Å². The molecule has 6 heteroatoms. The number of hydrogen-bond acceptors (Lipinski definition) is 3. The molecule has 0 fully saturated rings. The van der Waals surface area contributed by atoms with Crippen molar-refractivity contribution in [1.29, 1.82) is 0 Å². The van der Waals surface area contributed by atoms with Crippen LogP contribution < -0.4 is 5.32 Å². The molecule has 4 rings (SSSR count). The molecule has 0 saturated heterocycles. The molecular weight excluding hydrogens is 378 g/mol. The van der Waals surface area contributed by atoms with Crippen molar-refractivity contribution in [2.24, 2.45) is 0 Å². The summed E-state index contributed by atoms with van der Waals surface area (Å²) in [5, 5.41) is 5.43. The van der Waals surface area contributed by atoms with Crippen molar-refractivity contribution in [3.05, 3.63) is 82.5 Å². The van der Waals surface area contributed by atoms with Crippen molar-refractivity contribution in [1.82, 2.24) is 4.98 Å². The zero-order chi connectivity index (χ0) is 19.7. The molecule has 0 radical (unpaired) electrons. The highest BCUT2D eigenvalue weighted by Crippen LogP contribution is 2.29. The maximum atomic E-state index is 13.5. The van der Waals surface area contributed by atoms with Crippen molar-refractivity contribution in [2.45, 2.75) is 13.6 Å². The molecule has 0 bridgehead atoms. The summed E-state index contributed by atoms with van der Waals surface area (Å²) < 4.78 is 26.5. The van der Waals surface area contributed by atoms with Gasteiger partial charge in [-0.2, -0.15) is 0 Å². The van der Waals surface area contributed by atoms with Gasteiger partial charge in [0, 0.05) is 16.6 Å². The highest BCUT2D eigenvalue weighted by molar-refractivity contribution is 7.13. The molecule has 0 atom stereocenters. The molecule has 0 unspecified atom stereocenters. The molecule has 28 heavy (non-hydrogen) atoms. The van der Waals surface area contributed by atoms with Crippen LogP contribution in [0.5, 0.6) is 0 Å². The number of anilines is 1. The van der Waals surface area contributed by atoms with Crippen LogP contribution in [0.1, 0.15) is 21.5 Å². The molecule has 140 valence electrons. The summed E-state index contributed by atoms with van der Waals surface area (Å²) in [7, 11) is 0. The number of rotatable bonds is 4. The molecule has 1 amide bonds. The molecule has 1 N–H and O–H groups in total. The predicted molar refractivity (Wildman–Crippen MR) is 109 cm³/mol. The van der Waals surface area contributed by atoms with Gasteiger partial charge in [-0.3, -0.25) is 4.79 Å². The first-order chi connectivity index (χ1) is 13.5. The molecule has 0 saturated carbocycles. The Hall–Kier alpha value is -3.12. The Balaban J connectivity index is 1.79. The minimum Gasteiger partial charge on any atom is -0.322 e. The van der Waals surface area contributed by atoms with Gasteiger partial charge in [-0.15, -0.1) is 11.3 Å². The quantitative estimate of drug-likeness (QED) is 0.452. The van der Waals surface area contributed by atoms with Crippen LogP contribution in [-0.2, 0) is 6.67 Å². The third-order valence-corrected chi connectivity index (χ3v) is 5.32. The fourth-order valence-electron chi connectivity index (χ4n) is 3.03. The SMILES string of the molecule is Cc1ccc2nc(-c3cccs3)cc(C(=O)Nc3ccc(F)c(CF)c3)c2c1. The average molecular weight is 394 g/mol. The Morgan fingerprint density at radius 2 is 2.00 bits per heavy atom. The number of pyridine rings is 1. The minimum atomic E-state index is -0.935. The number of carbonyl (C=O) groups is 1. The number of aromatic nitrogens is 1. The third kappa shape index (κ3) is 3.51. The smallest absolute Gasteiger partial charge is 0.256 e. The van der Waals surface area contributed by atoms with Crippen molar-refractivity contribution in [3.63, 3.8) is 0 Å². The van der Waals surface area contributed by atoms with Gasteiger partial charge in [0.25, 0.3) is 5.91 Å². The van der Waals surface area contributed by atoms with Gasteiger partial charge in [0.05, 0.1) is 21.7 Å². The van der Waals surface area contributed by atoms with Gasteiger partial charge in [-0.25, -0.2) is 13.8 Å². The van der Waals surface area contributed by atoms with Crippen LogP contribution >= 0.6 is 11.3 Å². The van der Waals surface area contributed by atoms with Gasteiger partial charge >= 0.3 is 0 Å². The average Bonchev–Trinajstić information content (AvgIpc) is 3.23. The Bertz CT molecular complexity index is 1170. The molecular formula is C22H16F2N2OS. The van der Waals surface area contributed by atoms with E-state index in [0.29, 0.717) is 22.5 Å². The number of aryl methyl sites for hydroxylation is 1. The number of benzene rings is 2. The van der Waals surface area contributed by atoms with Crippen molar-refractivity contribution < 1.29 is 13.6 Å². The number of halogens is 2. The molecule has 3 nitrogen and oxygen atoms in total.